The Morgan fingerprint density at radius 2 is 2.00 bits per heavy atom. The first kappa shape index (κ1) is 24.4. The predicted octanol–water partition coefficient (Wildman–Crippen LogP) is 5.67. The maximum atomic E-state index is 15.2. The van der Waals surface area contributed by atoms with Crippen LogP contribution in [0.25, 0.3) is 16.7 Å². The molecule has 0 radical (unpaired) electrons. The van der Waals surface area contributed by atoms with E-state index < -0.39 is 21.9 Å². The lowest BCUT2D eigenvalue weighted by molar-refractivity contribution is -0.134. The van der Waals surface area contributed by atoms with Crippen LogP contribution >= 0.6 is 11.8 Å². The minimum Gasteiger partial charge on any atom is -0.378 e. The summed E-state index contributed by atoms with van der Waals surface area (Å²) in [6.07, 6.45) is 5.05. The van der Waals surface area contributed by atoms with Crippen LogP contribution in [-0.4, -0.2) is 37.8 Å². The molecule has 1 saturated heterocycles. The Labute approximate surface area is 213 Å². The molecule has 5 atom stereocenters. The summed E-state index contributed by atoms with van der Waals surface area (Å²) < 4.78 is 29.4. The molecule has 2 N–H and O–H groups in total. The highest BCUT2D eigenvalue weighted by Gasteiger charge is 2.72. The lowest BCUT2D eigenvalue weighted by atomic mass is 9.84. The summed E-state index contributed by atoms with van der Waals surface area (Å²) in [7, 11) is 0. The molecular formula is C27H27F2N5OS. The molecule has 0 spiro atoms. The second-order valence-corrected chi connectivity index (χ2v) is 11.4. The number of hydrogen-bond donors (Lipinski definition) is 1. The Kier molecular flexibility index (Phi) is 5.91. The van der Waals surface area contributed by atoms with Gasteiger partial charge in [0.05, 0.1) is 17.8 Å². The smallest absolute Gasteiger partial charge is 0.240 e. The van der Waals surface area contributed by atoms with Crippen LogP contribution in [0.15, 0.2) is 41.5 Å². The van der Waals surface area contributed by atoms with Crippen molar-refractivity contribution in [1.29, 1.82) is 0 Å². The van der Waals surface area contributed by atoms with E-state index in [4.69, 9.17) is 12.3 Å². The second kappa shape index (κ2) is 8.70. The molecule has 2 aromatic rings. The van der Waals surface area contributed by atoms with Crippen LogP contribution in [0.3, 0.4) is 0 Å². The second-order valence-electron chi connectivity index (χ2n) is 10.1. The maximum Gasteiger partial charge on any atom is 0.240 e. The molecule has 2 aliphatic heterocycles. The topological polar surface area (TPSA) is 75.9 Å². The Hall–Kier alpha value is -3.25. The summed E-state index contributed by atoms with van der Waals surface area (Å²) in [5, 5.41) is 0.259. The number of aromatic nitrogens is 1. The van der Waals surface area contributed by atoms with Gasteiger partial charge in [0.25, 0.3) is 0 Å². The fourth-order valence-corrected chi connectivity index (χ4v) is 7.13. The molecule has 0 bridgehead atoms. The number of halogens is 2. The molecule has 3 aliphatic rings. The zero-order valence-corrected chi connectivity index (χ0v) is 21.1. The molecule has 1 amide bonds. The van der Waals surface area contributed by atoms with Crippen molar-refractivity contribution in [3.63, 3.8) is 0 Å². The summed E-state index contributed by atoms with van der Waals surface area (Å²) in [5.41, 5.74) is 6.30. The van der Waals surface area contributed by atoms with Crippen LogP contribution < -0.4 is 5.73 Å². The number of nitrogens with zero attached hydrogens (tertiary/aromatic N) is 4. The van der Waals surface area contributed by atoms with Crippen LogP contribution in [0, 0.1) is 18.3 Å². The first-order chi connectivity index (χ1) is 17.1. The normalized spacial score (nSPS) is 31.4. The summed E-state index contributed by atoms with van der Waals surface area (Å²) in [6, 6.07) is 7.57. The Bertz CT molecular complexity index is 1330. The number of likely N-dealkylation sites (tertiary alicyclic amines) is 1. The van der Waals surface area contributed by atoms with Gasteiger partial charge in [0.1, 0.15) is 16.4 Å². The number of amidine groups is 1. The Morgan fingerprint density at radius 3 is 2.64 bits per heavy atom. The largest absolute Gasteiger partial charge is 0.378 e. The first-order valence-electron chi connectivity index (χ1n) is 12.0. The first-order valence-corrected chi connectivity index (χ1v) is 12.8. The number of thioether (sulfide) groups is 1. The molecule has 5 rings (SSSR count). The van der Waals surface area contributed by atoms with Crippen molar-refractivity contribution in [2.24, 2.45) is 16.6 Å². The van der Waals surface area contributed by atoms with Crippen molar-refractivity contribution in [2.45, 2.75) is 62.4 Å². The van der Waals surface area contributed by atoms with Crippen LogP contribution in [0.4, 0.5) is 14.5 Å². The monoisotopic (exact) mass is 507 g/mol. The lowest BCUT2D eigenvalue weighted by Gasteiger charge is -2.37. The molecule has 1 aromatic heterocycles. The number of pyridine rings is 1. The van der Waals surface area contributed by atoms with Gasteiger partial charge in [-0.15, -0.1) is 0 Å². The maximum absolute atomic E-state index is 15.2. The predicted molar refractivity (Wildman–Crippen MR) is 138 cm³/mol. The number of fused-ring (bicyclic) bond motifs is 1. The van der Waals surface area contributed by atoms with Crippen LogP contribution in [0.1, 0.15) is 56.9 Å². The van der Waals surface area contributed by atoms with E-state index in [1.165, 1.54) is 48.3 Å². The van der Waals surface area contributed by atoms with Gasteiger partial charge < -0.3 is 10.6 Å². The van der Waals surface area contributed by atoms with Gasteiger partial charge in [-0.3, -0.25) is 14.8 Å². The fourth-order valence-electron chi connectivity index (χ4n) is 5.70. The van der Waals surface area contributed by atoms with E-state index in [2.05, 4.69) is 28.7 Å². The minimum atomic E-state index is -1.06. The SMILES string of the molecule is [C-]#[N+]c1ccc(/C(F)=C/c2ccc(F)c([C@@]3(C)N=C(N)S[C@@]4(C(=O)N5[C@H](C)CC[C@H]5C)C[C@H]43)c2)nc1. The third-order valence-electron chi connectivity index (χ3n) is 7.72. The number of aliphatic imine (C=N–C) groups is 1. The molecule has 1 aromatic carbocycles. The summed E-state index contributed by atoms with van der Waals surface area (Å²) in [6.45, 7) is 12.9. The van der Waals surface area contributed by atoms with Gasteiger partial charge in [-0.25, -0.2) is 13.6 Å². The molecule has 1 aliphatic carbocycles. The zero-order valence-electron chi connectivity index (χ0n) is 20.3. The molecule has 9 heteroatoms. The van der Waals surface area contributed by atoms with E-state index in [1.54, 1.807) is 6.07 Å². The number of nitrogens with two attached hydrogens (primary N) is 1. The Morgan fingerprint density at radius 1 is 1.28 bits per heavy atom. The molecule has 186 valence electrons. The van der Waals surface area contributed by atoms with Gasteiger partial charge in [0.2, 0.25) is 11.6 Å². The average molecular weight is 508 g/mol. The van der Waals surface area contributed by atoms with Crippen LogP contribution in [0.2, 0.25) is 0 Å². The molecule has 36 heavy (non-hydrogen) atoms. The van der Waals surface area contributed by atoms with Gasteiger partial charge in [-0.2, -0.15) is 0 Å². The van der Waals surface area contributed by atoms with Crippen LogP contribution in [-0.2, 0) is 10.3 Å². The van der Waals surface area contributed by atoms with Gasteiger partial charge >= 0.3 is 0 Å². The molecule has 3 heterocycles. The lowest BCUT2D eigenvalue weighted by Crippen LogP contribution is -2.49. The number of hydrogen-bond acceptors (Lipinski definition) is 5. The zero-order chi connectivity index (χ0) is 25.8. The van der Waals surface area contributed by atoms with E-state index in [0.717, 1.165) is 12.8 Å². The van der Waals surface area contributed by atoms with Gasteiger partial charge in [0.15, 0.2) is 5.17 Å². The summed E-state index contributed by atoms with van der Waals surface area (Å²) in [5.74, 6) is -1.26. The highest BCUT2D eigenvalue weighted by atomic mass is 32.2. The molecule has 0 unspecified atom stereocenters. The van der Waals surface area contributed by atoms with Crippen LogP contribution in [0.5, 0.6) is 0 Å². The highest BCUT2D eigenvalue weighted by molar-refractivity contribution is 8.15. The average Bonchev–Trinajstić information content (AvgIpc) is 3.52. The molecule has 2 fully saturated rings. The number of rotatable bonds is 4. The van der Waals surface area contributed by atoms with Crippen molar-refractivity contribution in [3.8, 4) is 0 Å². The fraction of sp³-hybridized carbons (Fsp3) is 0.407. The number of carbonyl (C=O) groups excluding carboxylic acids is 1. The third kappa shape index (κ3) is 3.88. The van der Waals surface area contributed by atoms with E-state index in [1.807, 2.05) is 11.8 Å². The quantitative estimate of drug-likeness (QED) is 0.541. The van der Waals surface area contributed by atoms with Crippen molar-refractivity contribution < 1.29 is 13.6 Å². The van der Waals surface area contributed by atoms with Gasteiger partial charge in [-0.05, 0) is 69.9 Å². The Balaban J connectivity index is 1.49. The third-order valence-corrected chi connectivity index (χ3v) is 9.01. The van der Waals surface area contributed by atoms with Gasteiger partial charge in [-0.1, -0.05) is 23.9 Å². The summed E-state index contributed by atoms with van der Waals surface area (Å²) in [4.78, 5) is 27.6. The molecular weight excluding hydrogens is 480 g/mol. The minimum absolute atomic E-state index is 0.0514. The number of carbonyl (C=O) groups is 1. The number of amides is 1. The van der Waals surface area contributed by atoms with Crippen molar-refractivity contribution in [1.82, 2.24) is 9.88 Å². The van der Waals surface area contributed by atoms with Crippen molar-refractivity contribution in [3.05, 3.63) is 70.6 Å². The van der Waals surface area contributed by atoms with E-state index in [9.17, 15) is 9.18 Å². The standard InChI is InChI=1S/C27H27F2N5OS/c1-15-5-6-16(2)34(15)24(35)27-13-23(27)26(3,33-25(30)36-27)19-11-17(7-9-20(19)28)12-21(29)22-10-8-18(31-4)14-32-22/h7-12,14-16,23H,5-6,13H2,1-3H3,(H2,30,33)/b21-12-/t15-,16-,23+,26-,27+/m1/s1. The summed E-state index contributed by atoms with van der Waals surface area (Å²) >= 11 is 1.29. The van der Waals surface area contributed by atoms with E-state index in [-0.39, 0.29) is 40.3 Å². The molecule has 1 saturated carbocycles. The highest BCUT2D eigenvalue weighted by Crippen LogP contribution is 2.67. The number of benzene rings is 1. The van der Waals surface area contributed by atoms with E-state index in [0.29, 0.717) is 17.7 Å². The van der Waals surface area contributed by atoms with Gasteiger partial charge in [0, 0.05) is 29.8 Å². The van der Waals surface area contributed by atoms with Crippen molar-refractivity contribution >= 4 is 40.4 Å². The van der Waals surface area contributed by atoms with Crippen molar-refractivity contribution in [2.75, 3.05) is 0 Å². The van der Waals surface area contributed by atoms with E-state index >= 15 is 4.39 Å². The molecule has 6 nitrogen and oxygen atoms in total.